The van der Waals surface area contributed by atoms with Gasteiger partial charge in [0.15, 0.2) is 23.9 Å². The van der Waals surface area contributed by atoms with Crippen molar-refractivity contribution in [2.75, 3.05) is 17.8 Å². The van der Waals surface area contributed by atoms with Crippen molar-refractivity contribution < 1.29 is 52.8 Å². The Labute approximate surface area is 218 Å². The first-order chi connectivity index (χ1) is 17.6. The zero-order chi connectivity index (χ0) is 28.0. The van der Waals surface area contributed by atoms with E-state index in [9.17, 15) is 33.7 Å². The van der Waals surface area contributed by atoms with Crippen LogP contribution in [0.4, 0.5) is 10.2 Å². The molecule has 38 heavy (non-hydrogen) atoms. The number of anilines is 1. The van der Waals surface area contributed by atoms with E-state index in [-0.39, 0.29) is 22.8 Å². The van der Waals surface area contributed by atoms with Gasteiger partial charge in [-0.15, -0.1) is 0 Å². The fourth-order valence-corrected chi connectivity index (χ4v) is 6.51. The Morgan fingerprint density at radius 3 is 2.53 bits per heavy atom. The van der Waals surface area contributed by atoms with Crippen molar-refractivity contribution in [1.82, 2.24) is 19.7 Å². The second kappa shape index (κ2) is 10.5. The van der Waals surface area contributed by atoms with Gasteiger partial charge < -0.3 is 44.6 Å². The Hall–Kier alpha value is -2.07. The molecule has 3 aromatic rings. The summed E-state index contributed by atoms with van der Waals surface area (Å²) in [5.41, 5.74) is 0.735. The molecule has 7 N–H and O–H groups in total. The highest BCUT2D eigenvalue weighted by Crippen LogP contribution is 2.55. The first-order valence-electron chi connectivity index (χ1n) is 10.8. The summed E-state index contributed by atoms with van der Waals surface area (Å²) in [6, 6.07) is 5.38. The van der Waals surface area contributed by atoms with Gasteiger partial charge >= 0.3 is 15.2 Å². The van der Waals surface area contributed by atoms with Crippen LogP contribution in [0.1, 0.15) is 24.8 Å². The van der Waals surface area contributed by atoms with Gasteiger partial charge in [0.25, 0.3) is 0 Å². The Morgan fingerprint density at radius 1 is 1.24 bits per heavy atom. The van der Waals surface area contributed by atoms with Gasteiger partial charge in [0.1, 0.15) is 17.7 Å². The molecule has 208 valence electrons. The van der Waals surface area contributed by atoms with E-state index < -0.39 is 57.7 Å². The molecule has 0 radical (unpaired) electrons. The summed E-state index contributed by atoms with van der Waals surface area (Å²) >= 11 is 6.09. The average Bonchev–Trinajstić information content (AvgIpc) is 3.30. The third kappa shape index (κ3) is 6.22. The first-order valence-corrected chi connectivity index (χ1v) is 14.7. The van der Waals surface area contributed by atoms with Crippen LogP contribution in [-0.4, -0.2) is 80.3 Å². The SMILES string of the molecule is C[C@H](Nc1nc(Cl)nc2c1cnn2[C@@H]1O[C@H](COP(=O)(O)CP(=O)(O)O)C(O)(O)[C@H]1O)c1ccc(F)cc1. The lowest BCUT2D eigenvalue weighted by Gasteiger charge is -2.25. The van der Waals surface area contributed by atoms with Crippen molar-refractivity contribution in [1.29, 1.82) is 0 Å². The molecule has 2 aromatic heterocycles. The molecule has 0 spiro atoms. The average molecular weight is 598 g/mol. The summed E-state index contributed by atoms with van der Waals surface area (Å²) in [5, 5.41) is 38.6. The van der Waals surface area contributed by atoms with Crippen molar-refractivity contribution in [3.8, 4) is 0 Å². The van der Waals surface area contributed by atoms with E-state index in [1.54, 1.807) is 19.1 Å². The van der Waals surface area contributed by atoms with Crippen molar-refractivity contribution in [3.63, 3.8) is 0 Å². The molecule has 1 fully saturated rings. The minimum atomic E-state index is -4.93. The molecule has 0 amide bonds. The van der Waals surface area contributed by atoms with Gasteiger partial charge in [-0.05, 0) is 36.2 Å². The number of aliphatic hydroxyl groups excluding tert-OH is 1. The van der Waals surface area contributed by atoms with E-state index in [4.69, 9.17) is 26.1 Å². The standard InChI is InChI=1S/C19H23ClFN5O10P2/c1-9(10-2-4-11(21)5-3-10)23-15-12-6-22-26(16(12)25-18(20)24-15)17-14(27)19(28,29)13(36-17)7-35-38(33,34)8-37(30,31)32/h2-6,9,13-14,17,27-29H,7-8H2,1H3,(H,33,34)(H,23,24,25)(H2,30,31,32)/t9-,13+,14-,17+/m0/s1. The van der Waals surface area contributed by atoms with Crippen LogP contribution in [0, 0.1) is 5.82 Å². The summed E-state index contributed by atoms with van der Waals surface area (Å²) < 4.78 is 47.3. The number of fused-ring (bicyclic) bond motifs is 1. The largest absolute Gasteiger partial charge is 0.383 e. The molecule has 0 saturated carbocycles. The molecule has 15 nitrogen and oxygen atoms in total. The molecule has 5 atom stereocenters. The van der Waals surface area contributed by atoms with Crippen molar-refractivity contribution in [2.45, 2.75) is 37.2 Å². The molecule has 1 aliphatic rings. The summed E-state index contributed by atoms with van der Waals surface area (Å²) in [6.45, 7) is 0.761. The predicted octanol–water partition coefficient (Wildman–Crippen LogP) is 1.07. The van der Waals surface area contributed by atoms with Gasteiger partial charge in [0.2, 0.25) is 11.1 Å². The number of aromatic nitrogens is 4. The number of hydrogen-bond acceptors (Lipinski definition) is 11. The third-order valence-electron chi connectivity index (χ3n) is 5.66. The van der Waals surface area contributed by atoms with E-state index >= 15 is 0 Å². The summed E-state index contributed by atoms with van der Waals surface area (Å²) in [7, 11) is -9.78. The van der Waals surface area contributed by atoms with Crippen LogP contribution in [0.15, 0.2) is 30.5 Å². The summed E-state index contributed by atoms with van der Waals surface area (Å²) in [6.07, 6.45) is -4.23. The van der Waals surface area contributed by atoms with Gasteiger partial charge in [-0.3, -0.25) is 9.13 Å². The highest BCUT2D eigenvalue weighted by Gasteiger charge is 2.56. The van der Waals surface area contributed by atoms with Gasteiger partial charge in [-0.25, -0.2) is 9.07 Å². The molecular formula is C19H23ClFN5O10P2. The maximum Gasteiger partial charge on any atom is 0.340 e. The minimum absolute atomic E-state index is 0.00885. The lowest BCUT2D eigenvalue weighted by atomic mass is 10.1. The number of benzene rings is 1. The van der Waals surface area contributed by atoms with E-state index in [0.29, 0.717) is 5.39 Å². The summed E-state index contributed by atoms with van der Waals surface area (Å²) in [4.78, 5) is 35.7. The van der Waals surface area contributed by atoms with Crippen LogP contribution in [0.5, 0.6) is 0 Å². The number of halogens is 2. The Kier molecular flexibility index (Phi) is 7.98. The number of ether oxygens (including phenoxy) is 1. The van der Waals surface area contributed by atoms with E-state index in [1.165, 1.54) is 18.3 Å². The van der Waals surface area contributed by atoms with Crippen LogP contribution in [-0.2, 0) is 18.4 Å². The molecular weight excluding hydrogens is 575 g/mol. The highest BCUT2D eigenvalue weighted by molar-refractivity contribution is 7.70. The molecule has 0 bridgehead atoms. The van der Waals surface area contributed by atoms with Crippen LogP contribution in [0.3, 0.4) is 0 Å². The van der Waals surface area contributed by atoms with Crippen LogP contribution >= 0.6 is 26.8 Å². The fourth-order valence-electron chi connectivity index (χ4n) is 3.79. The van der Waals surface area contributed by atoms with Crippen LogP contribution in [0.25, 0.3) is 11.0 Å². The van der Waals surface area contributed by atoms with E-state index in [2.05, 4.69) is 24.9 Å². The molecule has 19 heteroatoms. The van der Waals surface area contributed by atoms with E-state index in [1.807, 2.05) is 0 Å². The first kappa shape index (κ1) is 28.9. The molecule has 1 aromatic carbocycles. The minimum Gasteiger partial charge on any atom is -0.383 e. The molecule has 1 unspecified atom stereocenters. The van der Waals surface area contributed by atoms with Crippen LogP contribution < -0.4 is 5.32 Å². The van der Waals surface area contributed by atoms with Crippen molar-refractivity contribution >= 4 is 43.6 Å². The van der Waals surface area contributed by atoms with Crippen molar-refractivity contribution in [3.05, 3.63) is 47.1 Å². The lowest BCUT2D eigenvalue weighted by Crippen LogP contribution is -2.49. The normalized spacial score (nSPS) is 23.9. The van der Waals surface area contributed by atoms with Gasteiger partial charge in [0.05, 0.1) is 18.2 Å². The molecule has 4 rings (SSSR count). The quantitative estimate of drug-likeness (QED) is 0.104. The number of aliphatic hydroxyl groups is 3. The third-order valence-corrected chi connectivity index (χ3v) is 9.29. The molecule has 0 aliphatic carbocycles. The molecule has 1 aliphatic heterocycles. The number of nitrogens with zero attached hydrogens (tertiary/aromatic N) is 4. The monoisotopic (exact) mass is 597 g/mol. The van der Waals surface area contributed by atoms with E-state index in [0.717, 1.165) is 10.2 Å². The Bertz CT molecular complexity index is 1420. The maximum atomic E-state index is 13.3. The summed E-state index contributed by atoms with van der Waals surface area (Å²) in [5.74, 6) is -4.72. The topological polar surface area (TPSA) is 230 Å². The lowest BCUT2D eigenvalue weighted by molar-refractivity contribution is -0.234. The highest BCUT2D eigenvalue weighted by atomic mass is 35.5. The number of hydrogen-bond donors (Lipinski definition) is 7. The number of rotatable bonds is 9. The van der Waals surface area contributed by atoms with Crippen molar-refractivity contribution in [2.24, 2.45) is 0 Å². The van der Waals surface area contributed by atoms with Gasteiger partial charge in [0, 0.05) is 6.04 Å². The second-order valence-electron chi connectivity index (χ2n) is 8.57. The fraction of sp³-hybridized carbons (Fsp3) is 0.421. The Balaban J connectivity index is 1.58. The zero-order valence-corrected chi connectivity index (χ0v) is 21.9. The smallest absolute Gasteiger partial charge is 0.340 e. The molecule has 1 saturated heterocycles. The second-order valence-corrected chi connectivity index (χ2v) is 12.9. The maximum absolute atomic E-state index is 13.3. The molecule has 3 heterocycles. The zero-order valence-electron chi connectivity index (χ0n) is 19.4. The predicted molar refractivity (Wildman–Crippen MR) is 129 cm³/mol. The van der Waals surface area contributed by atoms with Gasteiger partial charge in [-0.2, -0.15) is 15.1 Å². The Morgan fingerprint density at radius 2 is 1.89 bits per heavy atom. The number of nitrogens with one attached hydrogen (secondary N) is 1. The van der Waals surface area contributed by atoms with Crippen LogP contribution in [0.2, 0.25) is 5.28 Å². The van der Waals surface area contributed by atoms with Gasteiger partial charge in [-0.1, -0.05) is 12.1 Å².